The molecule has 1 aromatic heterocycles. The number of rotatable bonds is 8. The van der Waals surface area contributed by atoms with E-state index in [4.69, 9.17) is 9.47 Å². The van der Waals surface area contributed by atoms with Crippen LogP contribution in [0.3, 0.4) is 0 Å². The minimum Gasteiger partial charge on any atom is -0.493 e. The van der Waals surface area contributed by atoms with Gasteiger partial charge in [-0.2, -0.15) is 0 Å². The van der Waals surface area contributed by atoms with E-state index in [1.165, 1.54) is 25.1 Å². The monoisotopic (exact) mass is 397 g/mol. The number of nitrogens with one attached hydrogen (secondary N) is 1. The van der Waals surface area contributed by atoms with E-state index in [0.29, 0.717) is 28.8 Å². The Kier molecular flexibility index (Phi) is 6.46. The lowest BCUT2D eigenvalue weighted by Crippen LogP contribution is -2.42. The summed E-state index contributed by atoms with van der Waals surface area (Å²) in [5.41, 5.74) is 1.08. The highest BCUT2D eigenvalue weighted by atomic mass is 16.5. The van der Waals surface area contributed by atoms with Gasteiger partial charge in [-0.05, 0) is 18.1 Å². The topological polar surface area (TPSA) is 103 Å². The summed E-state index contributed by atoms with van der Waals surface area (Å²) in [6.07, 6.45) is 1.81. The number of hydrogen-bond donors (Lipinski definition) is 2. The summed E-state index contributed by atoms with van der Waals surface area (Å²) < 4.78 is 11.7. The number of nitrogens with zero attached hydrogens (tertiary/aromatic N) is 2. The predicted octanol–water partition coefficient (Wildman–Crippen LogP) is 1.13. The summed E-state index contributed by atoms with van der Waals surface area (Å²) in [7, 11) is 2.98. The third-order valence-corrected chi connectivity index (χ3v) is 4.55. The molecule has 0 aliphatic rings. The molecule has 0 unspecified atom stereocenters. The second-order valence-corrected chi connectivity index (χ2v) is 6.54. The van der Waals surface area contributed by atoms with Crippen LogP contribution in [0.5, 0.6) is 11.5 Å². The van der Waals surface area contributed by atoms with Crippen LogP contribution in [0.15, 0.2) is 53.6 Å². The molecule has 0 aliphatic heterocycles. The number of carbonyl (C=O) groups excluding carboxylic acids is 1. The molecule has 0 spiro atoms. The second-order valence-electron chi connectivity index (χ2n) is 6.54. The molecule has 2 aromatic carbocycles. The molecule has 1 heterocycles. The standard InChI is InChI=1S/C21H23N3O5/c1-28-18-9-16-17(10-19(18)29-2)22-13-24(21(16)27)11-20(26)23-15(12-25)8-14-6-4-3-5-7-14/h3-7,9-10,13,15,25H,8,11-12H2,1-2H3,(H,23,26)/t15-/m0/s1. The average molecular weight is 397 g/mol. The number of methoxy groups -OCH3 is 2. The van der Waals surface area contributed by atoms with E-state index < -0.39 is 6.04 Å². The molecular formula is C21H23N3O5. The van der Waals surface area contributed by atoms with Crippen LogP contribution >= 0.6 is 0 Å². The minimum absolute atomic E-state index is 0.206. The number of aromatic nitrogens is 2. The highest BCUT2D eigenvalue weighted by molar-refractivity contribution is 5.82. The molecule has 1 atom stereocenters. The van der Waals surface area contributed by atoms with Crippen LogP contribution in [-0.2, 0) is 17.8 Å². The van der Waals surface area contributed by atoms with Gasteiger partial charge in [-0.3, -0.25) is 14.2 Å². The number of carbonyl (C=O) groups is 1. The Hall–Kier alpha value is -3.39. The number of aliphatic hydroxyl groups excluding tert-OH is 1. The highest BCUT2D eigenvalue weighted by Gasteiger charge is 2.15. The van der Waals surface area contributed by atoms with E-state index in [9.17, 15) is 14.7 Å². The van der Waals surface area contributed by atoms with Crippen molar-refractivity contribution in [1.82, 2.24) is 14.9 Å². The van der Waals surface area contributed by atoms with Gasteiger partial charge in [0.1, 0.15) is 6.54 Å². The van der Waals surface area contributed by atoms with Gasteiger partial charge in [0.15, 0.2) is 11.5 Å². The number of fused-ring (bicyclic) bond motifs is 1. The summed E-state index contributed by atoms with van der Waals surface area (Å²) in [4.78, 5) is 29.4. The van der Waals surface area contributed by atoms with E-state index in [1.54, 1.807) is 12.1 Å². The van der Waals surface area contributed by atoms with E-state index >= 15 is 0 Å². The van der Waals surface area contributed by atoms with Crippen molar-refractivity contribution in [2.45, 2.75) is 19.0 Å². The van der Waals surface area contributed by atoms with Gasteiger partial charge in [0.2, 0.25) is 5.91 Å². The van der Waals surface area contributed by atoms with Gasteiger partial charge in [0.25, 0.3) is 5.56 Å². The minimum atomic E-state index is -0.446. The maximum absolute atomic E-state index is 12.8. The van der Waals surface area contributed by atoms with Crippen LogP contribution in [0.1, 0.15) is 5.56 Å². The van der Waals surface area contributed by atoms with Gasteiger partial charge in [-0.1, -0.05) is 30.3 Å². The van der Waals surface area contributed by atoms with Crippen LogP contribution in [0.2, 0.25) is 0 Å². The van der Waals surface area contributed by atoms with Crippen LogP contribution in [0.25, 0.3) is 10.9 Å². The summed E-state index contributed by atoms with van der Waals surface area (Å²) >= 11 is 0. The maximum atomic E-state index is 12.8. The van der Waals surface area contributed by atoms with Crippen molar-refractivity contribution in [3.63, 3.8) is 0 Å². The maximum Gasteiger partial charge on any atom is 0.261 e. The molecular weight excluding hydrogens is 374 g/mol. The molecule has 0 fully saturated rings. The fraction of sp³-hybridized carbons (Fsp3) is 0.286. The van der Waals surface area contributed by atoms with Crippen molar-refractivity contribution < 1.29 is 19.4 Å². The lowest BCUT2D eigenvalue weighted by molar-refractivity contribution is -0.122. The van der Waals surface area contributed by atoms with E-state index in [0.717, 1.165) is 5.56 Å². The quantitative estimate of drug-likeness (QED) is 0.591. The van der Waals surface area contributed by atoms with Gasteiger partial charge in [-0.25, -0.2) is 4.98 Å². The summed E-state index contributed by atoms with van der Waals surface area (Å²) in [6.45, 7) is -0.413. The van der Waals surface area contributed by atoms with Gasteiger partial charge in [0.05, 0.1) is 44.1 Å². The van der Waals surface area contributed by atoms with Crippen molar-refractivity contribution in [3.05, 3.63) is 64.7 Å². The van der Waals surface area contributed by atoms with Crippen molar-refractivity contribution in [3.8, 4) is 11.5 Å². The smallest absolute Gasteiger partial charge is 0.261 e. The molecule has 0 aliphatic carbocycles. The number of aliphatic hydroxyl groups is 1. The molecule has 3 aromatic rings. The number of ether oxygens (including phenoxy) is 2. The zero-order valence-corrected chi connectivity index (χ0v) is 16.3. The molecule has 1 amide bonds. The van der Waals surface area contributed by atoms with Crippen LogP contribution in [0.4, 0.5) is 0 Å². The van der Waals surface area contributed by atoms with E-state index in [1.807, 2.05) is 30.3 Å². The number of hydrogen-bond acceptors (Lipinski definition) is 6. The van der Waals surface area contributed by atoms with Crippen molar-refractivity contribution in [2.24, 2.45) is 0 Å². The first-order valence-electron chi connectivity index (χ1n) is 9.11. The molecule has 2 N–H and O–H groups in total. The molecule has 29 heavy (non-hydrogen) atoms. The van der Waals surface area contributed by atoms with Crippen molar-refractivity contribution >= 4 is 16.8 Å². The zero-order chi connectivity index (χ0) is 20.8. The second kappa shape index (κ2) is 9.20. The van der Waals surface area contributed by atoms with Gasteiger partial charge < -0.3 is 19.9 Å². The molecule has 0 radical (unpaired) electrons. The summed E-state index contributed by atoms with van der Waals surface area (Å²) in [6, 6.07) is 12.3. The summed E-state index contributed by atoms with van der Waals surface area (Å²) in [5.74, 6) is 0.488. The fourth-order valence-electron chi connectivity index (χ4n) is 3.09. The molecule has 152 valence electrons. The number of amides is 1. The molecule has 8 nitrogen and oxygen atoms in total. The van der Waals surface area contributed by atoms with Gasteiger partial charge in [0, 0.05) is 6.07 Å². The first-order chi connectivity index (χ1) is 14.0. The third-order valence-electron chi connectivity index (χ3n) is 4.55. The van der Waals surface area contributed by atoms with Crippen LogP contribution in [0, 0.1) is 0 Å². The first kappa shape index (κ1) is 20.3. The fourth-order valence-corrected chi connectivity index (χ4v) is 3.09. The Morgan fingerprint density at radius 2 is 1.86 bits per heavy atom. The molecule has 8 heteroatoms. The Bertz CT molecular complexity index is 1050. The lowest BCUT2D eigenvalue weighted by Gasteiger charge is -2.17. The summed E-state index contributed by atoms with van der Waals surface area (Å²) in [5, 5.41) is 12.7. The van der Waals surface area contributed by atoms with Crippen molar-refractivity contribution in [1.29, 1.82) is 0 Å². The zero-order valence-electron chi connectivity index (χ0n) is 16.3. The van der Waals surface area contributed by atoms with Crippen LogP contribution in [-0.4, -0.2) is 47.4 Å². The van der Waals surface area contributed by atoms with E-state index in [-0.39, 0.29) is 24.6 Å². The predicted molar refractivity (Wildman–Crippen MR) is 108 cm³/mol. The SMILES string of the molecule is COc1cc2ncn(CC(=O)N[C@H](CO)Cc3ccccc3)c(=O)c2cc1OC. The molecule has 0 saturated heterocycles. The Balaban J connectivity index is 1.77. The van der Waals surface area contributed by atoms with Gasteiger partial charge in [-0.15, -0.1) is 0 Å². The van der Waals surface area contributed by atoms with Crippen molar-refractivity contribution in [2.75, 3.05) is 20.8 Å². The van der Waals surface area contributed by atoms with Gasteiger partial charge >= 0.3 is 0 Å². The third kappa shape index (κ3) is 4.72. The number of benzene rings is 2. The molecule has 0 bridgehead atoms. The largest absolute Gasteiger partial charge is 0.493 e. The average Bonchev–Trinajstić information content (AvgIpc) is 2.75. The van der Waals surface area contributed by atoms with E-state index in [2.05, 4.69) is 10.3 Å². The molecule has 0 saturated carbocycles. The first-order valence-corrected chi connectivity index (χ1v) is 9.11. The lowest BCUT2D eigenvalue weighted by atomic mass is 10.1. The Labute approximate surface area is 167 Å². The van der Waals surface area contributed by atoms with Crippen LogP contribution < -0.4 is 20.3 Å². The normalized spacial score (nSPS) is 11.8. The Morgan fingerprint density at radius 3 is 2.52 bits per heavy atom. The molecule has 3 rings (SSSR count). The Morgan fingerprint density at radius 1 is 1.17 bits per heavy atom. The highest BCUT2D eigenvalue weighted by Crippen LogP contribution is 2.29.